The van der Waals surface area contributed by atoms with E-state index in [9.17, 15) is 4.79 Å². The normalized spacial score (nSPS) is 12.2. The van der Waals surface area contributed by atoms with Crippen molar-refractivity contribution in [2.24, 2.45) is 0 Å². The van der Waals surface area contributed by atoms with Crippen LogP contribution in [0.4, 0.5) is 5.69 Å². The molecule has 0 heterocycles. The fourth-order valence-corrected chi connectivity index (χ4v) is 1.95. The SMILES string of the molecule is CCCC(COC)NC(=O)c1ccc(Br)c(N)c1. The third-order valence-corrected chi connectivity index (χ3v) is 3.32. The Morgan fingerprint density at radius 2 is 2.28 bits per heavy atom. The summed E-state index contributed by atoms with van der Waals surface area (Å²) in [5.41, 5.74) is 6.87. The maximum absolute atomic E-state index is 12.0. The number of hydrogen-bond acceptors (Lipinski definition) is 3. The number of ether oxygens (including phenoxy) is 1. The van der Waals surface area contributed by atoms with Crippen LogP contribution in [0.3, 0.4) is 0 Å². The van der Waals surface area contributed by atoms with Gasteiger partial charge in [-0.05, 0) is 40.5 Å². The van der Waals surface area contributed by atoms with Gasteiger partial charge in [-0.15, -0.1) is 0 Å². The summed E-state index contributed by atoms with van der Waals surface area (Å²) in [7, 11) is 1.63. The van der Waals surface area contributed by atoms with E-state index < -0.39 is 0 Å². The molecule has 0 aromatic heterocycles. The van der Waals surface area contributed by atoms with E-state index in [1.54, 1.807) is 25.3 Å². The average molecular weight is 315 g/mol. The fourth-order valence-electron chi connectivity index (χ4n) is 1.70. The van der Waals surface area contributed by atoms with Gasteiger partial charge in [0.15, 0.2) is 0 Å². The van der Waals surface area contributed by atoms with Gasteiger partial charge in [0.25, 0.3) is 5.91 Å². The molecule has 100 valence electrons. The summed E-state index contributed by atoms with van der Waals surface area (Å²) in [4.78, 5) is 12.0. The second-order valence-corrected chi connectivity index (χ2v) is 5.01. The van der Waals surface area contributed by atoms with Gasteiger partial charge < -0.3 is 15.8 Å². The highest BCUT2D eigenvalue weighted by molar-refractivity contribution is 9.10. The largest absolute Gasteiger partial charge is 0.398 e. The van der Waals surface area contributed by atoms with Crippen molar-refractivity contribution in [3.8, 4) is 0 Å². The number of rotatable bonds is 6. The van der Waals surface area contributed by atoms with Crippen molar-refractivity contribution in [3.05, 3.63) is 28.2 Å². The van der Waals surface area contributed by atoms with Crippen molar-refractivity contribution >= 4 is 27.5 Å². The van der Waals surface area contributed by atoms with E-state index >= 15 is 0 Å². The highest BCUT2D eigenvalue weighted by Crippen LogP contribution is 2.20. The van der Waals surface area contributed by atoms with Crippen molar-refractivity contribution in [1.29, 1.82) is 0 Å². The van der Waals surface area contributed by atoms with E-state index in [4.69, 9.17) is 10.5 Å². The van der Waals surface area contributed by atoms with Crippen molar-refractivity contribution in [2.75, 3.05) is 19.5 Å². The van der Waals surface area contributed by atoms with Crippen molar-refractivity contribution < 1.29 is 9.53 Å². The second-order valence-electron chi connectivity index (χ2n) is 4.15. The standard InChI is InChI=1S/C13H19BrN2O2/c1-3-4-10(8-18-2)16-13(17)9-5-6-11(14)12(15)7-9/h5-7,10H,3-4,8,15H2,1-2H3,(H,16,17). The number of benzene rings is 1. The van der Waals surface area contributed by atoms with Crippen molar-refractivity contribution in [2.45, 2.75) is 25.8 Å². The minimum absolute atomic E-state index is 0.0392. The lowest BCUT2D eigenvalue weighted by Gasteiger charge is -2.17. The fraction of sp³-hybridized carbons (Fsp3) is 0.462. The lowest BCUT2D eigenvalue weighted by Crippen LogP contribution is -2.37. The van der Waals surface area contributed by atoms with E-state index in [-0.39, 0.29) is 11.9 Å². The number of nitrogen functional groups attached to an aromatic ring is 1. The number of nitrogens with two attached hydrogens (primary N) is 1. The Hall–Kier alpha value is -1.07. The van der Waals surface area contributed by atoms with Crippen LogP contribution in [0, 0.1) is 0 Å². The molecule has 1 unspecified atom stereocenters. The third-order valence-electron chi connectivity index (χ3n) is 2.60. The average Bonchev–Trinajstić information content (AvgIpc) is 2.33. The van der Waals surface area contributed by atoms with E-state index in [1.165, 1.54) is 0 Å². The summed E-state index contributed by atoms with van der Waals surface area (Å²) in [6.07, 6.45) is 1.89. The molecular formula is C13H19BrN2O2. The Morgan fingerprint density at radius 3 is 2.83 bits per heavy atom. The van der Waals surface area contributed by atoms with E-state index in [2.05, 4.69) is 28.2 Å². The zero-order valence-electron chi connectivity index (χ0n) is 10.7. The highest BCUT2D eigenvalue weighted by atomic mass is 79.9. The van der Waals surface area contributed by atoms with Gasteiger partial charge in [-0.3, -0.25) is 4.79 Å². The molecule has 0 saturated heterocycles. The smallest absolute Gasteiger partial charge is 0.251 e. The summed E-state index contributed by atoms with van der Waals surface area (Å²) < 4.78 is 5.88. The van der Waals surface area contributed by atoms with Crippen LogP contribution in [0.1, 0.15) is 30.1 Å². The van der Waals surface area contributed by atoms with Crippen molar-refractivity contribution in [1.82, 2.24) is 5.32 Å². The summed E-state index contributed by atoms with van der Waals surface area (Å²) in [5.74, 6) is -0.121. The van der Waals surface area contributed by atoms with Crippen LogP contribution in [0.5, 0.6) is 0 Å². The molecule has 0 spiro atoms. The summed E-state index contributed by atoms with van der Waals surface area (Å²) in [6, 6.07) is 5.22. The first-order valence-corrected chi connectivity index (χ1v) is 6.72. The van der Waals surface area contributed by atoms with E-state index in [1.807, 2.05) is 0 Å². The first-order chi connectivity index (χ1) is 8.58. The van der Waals surface area contributed by atoms with Crippen LogP contribution >= 0.6 is 15.9 Å². The molecule has 0 radical (unpaired) electrons. The predicted octanol–water partition coefficient (Wildman–Crippen LogP) is 2.58. The number of carbonyl (C=O) groups is 1. The molecule has 5 heteroatoms. The zero-order chi connectivity index (χ0) is 13.5. The summed E-state index contributed by atoms with van der Waals surface area (Å²) in [6.45, 7) is 2.60. The Labute approximate surface area is 116 Å². The Bertz CT molecular complexity index is 404. The first kappa shape index (κ1) is 15.0. The molecule has 1 amide bonds. The molecule has 1 aromatic rings. The first-order valence-electron chi connectivity index (χ1n) is 5.93. The quantitative estimate of drug-likeness (QED) is 0.793. The van der Waals surface area contributed by atoms with Crippen LogP contribution in [0.2, 0.25) is 0 Å². The summed E-state index contributed by atoms with van der Waals surface area (Å²) >= 11 is 3.30. The van der Waals surface area contributed by atoms with Crippen LogP contribution in [0.25, 0.3) is 0 Å². The van der Waals surface area contributed by atoms with Gasteiger partial charge in [0.05, 0.1) is 12.6 Å². The van der Waals surface area contributed by atoms with Gasteiger partial charge in [0.1, 0.15) is 0 Å². The number of amides is 1. The number of carbonyl (C=O) groups excluding carboxylic acids is 1. The Kier molecular flexibility index (Phi) is 6.15. The molecule has 0 aliphatic heterocycles. The minimum Gasteiger partial charge on any atom is -0.398 e. The number of anilines is 1. The minimum atomic E-state index is -0.121. The molecule has 3 N–H and O–H groups in total. The van der Waals surface area contributed by atoms with E-state index in [0.29, 0.717) is 17.9 Å². The molecule has 0 aliphatic rings. The van der Waals surface area contributed by atoms with Gasteiger partial charge >= 0.3 is 0 Å². The number of methoxy groups -OCH3 is 1. The number of halogens is 1. The lowest BCUT2D eigenvalue weighted by molar-refractivity contribution is 0.0891. The molecule has 0 aliphatic carbocycles. The van der Waals surface area contributed by atoms with Gasteiger partial charge in [0, 0.05) is 22.8 Å². The Morgan fingerprint density at radius 1 is 1.56 bits per heavy atom. The molecule has 1 aromatic carbocycles. The molecule has 0 bridgehead atoms. The third kappa shape index (κ3) is 4.31. The van der Waals surface area contributed by atoms with Gasteiger partial charge in [-0.25, -0.2) is 0 Å². The molecule has 1 rings (SSSR count). The van der Waals surface area contributed by atoms with Crippen LogP contribution in [-0.4, -0.2) is 25.7 Å². The molecular weight excluding hydrogens is 296 g/mol. The topological polar surface area (TPSA) is 64.3 Å². The summed E-state index contributed by atoms with van der Waals surface area (Å²) in [5, 5.41) is 2.95. The predicted molar refractivity (Wildman–Crippen MR) is 76.6 cm³/mol. The van der Waals surface area contributed by atoms with Crippen LogP contribution in [-0.2, 0) is 4.74 Å². The van der Waals surface area contributed by atoms with Gasteiger partial charge in [0.2, 0.25) is 0 Å². The molecule has 1 atom stereocenters. The second kappa shape index (κ2) is 7.38. The maximum Gasteiger partial charge on any atom is 0.251 e. The molecule has 0 saturated carbocycles. The number of nitrogens with one attached hydrogen (secondary N) is 1. The van der Waals surface area contributed by atoms with Crippen LogP contribution < -0.4 is 11.1 Å². The zero-order valence-corrected chi connectivity index (χ0v) is 12.3. The number of hydrogen-bond donors (Lipinski definition) is 2. The molecule has 4 nitrogen and oxygen atoms in total. The highest BCUT2D eigenvalue weighted by Gasteiger charge is 2.13. The molecule has 18 heavy (non-hydrogen) atoms. The Balaban J connectivity index is 2.70. The van der Waals surface area contributed by atoms with Crippen LogP contribution in [0.15, 0.2) is 22.7 Å². The van der Waals surface area contributed by atoms with Gasteiger partial charge in [-0.2, -0.15) is 0 Å². The molecule has 0 fully saturated rings. The van der Waals surface area contributed by atoms with Crippen molar-refractivity contribution in [3.63, 3.8) is 0 Å². The monoisotopic (exact) mass is 314 g/mol. The van der Waals surface area contributed by atoms with Gasteiger partial charge in [-0.1, -0.05) is 13.3 Å². The lowest BCUT2D eigenvalue weighted by atomic mass is 10.1. The maximum atomic E-state index is 12.0. The van der Waals surface area contributed by atoms with E-state index in [0.717, 1.165) is 17.3 Å².